The lowest BCUT2D eigenvalue weighted by Gasteiger charge is -2.29. The standard InChI is InChI=1S/C17H36O4/c1-5-6-7-10-20-14-17(12-18,13-19)15-21-11-8-9-16(2,3)4/h18-19H,5-15H2,1-4H3. The number of hydrogen-bond donors (Lipinski definition) is 2. The van der Waals surface area contributed by atoms with Crippen molar-refractivity contribution in [1.29, 1.82) is 0 Å². The molecule has 0 aliphatic rings. The molecule has 0 radical (unpaired) electrons. The monoisotopic (exact) mass is 304 g/mol. The molecule has 0 rings (SSSR count). The fraction of sp³-hybridized carbons (Fsp3) is 1.00. The van der Waals surface area contributed by atoms with Crippen LogP contribution in [0.2, 0.25) is 0 Å². The number of hydrogen-bond acceptors (Lipinski definition) is 4. The summed E-state index contributed by atoms with van der Waals surface area (Å²) in [5.74, 6) is 0. The van der Waals surface area contributed by atoms with Gasteiger partial charge < -0.3 is 19.7 Å². The molecule has 0 aromatic heterocycles. The summed E-state index contributed by atoms with van der Waals surface area (Å²) >= 11 is 0. The molecule has 0 saturated carbocycles. The highest BCUT2D eigenvalue weighted by Crippen LogP contribution is 2.21. The zero-order chi connectivity index (χ0) is 16.2. The lowest BCUT2D eigenvalue weighted by atomic mass is 9.90. The molecule has 0 aliphatic heterocycles. The van der Waals surface area contributed by atoms with E-state index in [2.05, 4.69) is 27.7 Å². The highest BCUT2D eigenvalue weighted by molar-refractivity contribution is 4.77. The summed E-state index contributed by atoms with van der Waals surface area (Å²) in [7, 11) is 0. The number of rotatable bonds is 13. The van der Waals surface area contributed by atoms with Crippen molar-refractivity contribution in [3.8, 4) is 0 Å². The Labute approximate surface area is 130 Å². The largest absolute Gasteiger partial charge is 0.396 e. The summed E-state index contributed by atoms with van der Waals surface area (Å²) in [6.07, 6.45) is 5.43. The maximum atomic E-state index is 9.55. The normalized spacial score (nSPS) is 12.9. The van der Waals surface area contributed by atoms with E-state index in [4.69, 9.17) is 9.47 Å². The van der Waals surface area contributed by atoms with Crippen LogP contribution in [0, 0.1) is 10.8 Å². The average Bonchev–Trinajstić information content (AvgIpc) is 2.43. The third-order valence-corrected chi connectivity index (χ3v) is 3.59. The Bertz CT molecular complexity index is 231. The molecule has 0 aromatic carbocycles. The second kappa shape index (κ2) is 11.4. The van der Waals surface area contributed by atoms with Crippen LogP contribution in [0.1, 0.15) is 59.8 Å². The minimum absolute atomic E-state index is 0.115. The molecule has 0 fully saturated rings. The third-order valence-electron chi connectivity index (χ3n) is 3.59. The summed E-state index contributed by atoms with van der Waals surface area (Å²) < 4.78 is 11.2. The van der Waals surface area contributed by atoms with Gasteiger partial charge in [-0.05, 0) is 24.7 Å². The SMILES string of the molecule is CCCCCOCC(CO)(CO)COCCCC(C)(C)C. The van der Waals surface area contributed by atoms with Crippen LogP contribution < -0.4 is 0 Å². The van der Waals surface area contributed by atoms with Crippen LogP contribution in [0.3, 0.4) is 0 Å². The summed E-state index contributed by atoms with van der Waals surface area (Å²) in [5, 5.41) is 19.1. The van der Waals surface area contributed by atoms with Gasteiger partial charge in [0.2, 0.25) is 0 Å². The lowest BCUT2D eigenvalue weighted by molar-refractivity contribution is -0.0781. The highest BCUT2D eigenvalue weighted by atomic mass is 16.5. The minimum atomic E-state index is -0.673. The van der Waals surface area contributed by atoms with E-state index in [-0.39, 0.29) is 13.2 Å². The highest BCUT2D eigenvalue weighted by Gasteiger charge is 2.29. The number of ether oxygens (including phenoxy) is 2. The Morgan fingerprint density at radius 3 is 1.76 bits per heavy atom. The van der Waals surface area contributed by atoms with Crippen molar-refractivity contribution in [1.82, 2.24) is 0 Å². The molecule has 0 heterocycles. The first-order valence-corrected chi connectivity index (χ1v) is 8.26. The van der Waals surface area contributed by atoms with Gasteiger partial charge in [0.05, 0.1) is 31.8 Å². The van der Waals surface area contributed by atoms with Crippen molar-refractivity contribution in [2.45, 2.75) is 59.8 Å². The summed E-state index contributed by atoms with van der Waals surface area (Å²) in [4.78, 5) is 0. The topological polar surface area (TPSA) is 58.9 Å². The first-order valence-electron chi connectivity index (χ1n) is 8.26. The molecule has 0 aliphatic carbocycles. The molecule has 0 bridgehead atoms. The molecule has 0 aromatic rings. The molecule has 0 spiro atoms. The van der Waals surface area contributed by atoms with Crippen LogP contribution in [0.25, 0.3) is 0 Å². The van der Waals surface area contributed by atoms with E-state index in [1.54, 1.807) is 0 Å². The van der Waals surface area contributed by atoms with Crippen LogP contribution in [-0.2, 0) is 9.47 Å². The van der Waals surface area contributed by atoms with Crippen LogP contribution in [0.15, 0.2) is 0 Å². The first kappa shape index (κ1) is 20.8. The Morgan fingerprint density at radius 2 is 1.33 bits per heavy atom. The van der Waals surface area contributed by atoms with Gasteiger partial charge in [-0.2, -0.15) is 0 Å². The summed E-state index contributed by atoms with van der Waals surface area (Å²) in [6.45, 7) is 10.6. The zero-order valence-electron chi connectivity index (χ0n) is 14.5. The van der Waals surface area contributed by atoms with Gasteiger partial charge in [-0.25, -0.2) is 0 Å². The zero-order valence-corrected chi connectivity index (χ0v) is 14.5. The van der Waals surface area contributed by atoms with Gasteiger partial charge in [0.25, 0.3) is 0 Å². The quantitative estimate of drug-likeness (QED) is 0.514. The Kier molecular flexibility index (Phi) is 11.3. The molecule has 0 amide bonds. The summed E-state index contributed by atoms with van der Waals surface area (Å²) in [6, 6.07) is 0. The van der Waals surface area contributed by atoms with Crippen LogP contribution in [-0.4, -0.2) is 49.9 Å². The molecular formula is C17H36O4. The van der Waals surface area contributed by atoms with Crippen molar-refractivity contribution in [3.63, 3.8) is 0 Å². The van der Waals surface area contributed by atoms with Crippen molar-refractivity contribution in [2.24, 2.45) is 10.8 Å². The second-order valence-corrected chi connectivity index (χ2v) is 7.29. The van der Waals surface area contributed by atoms with E-state index in [9.17, 15) is 10.2 Å². The molecule has 0 atom stereocenters. The molecule has 4 nitrogen and oxygen atoms in total. The van der Waals surface area contributed by atoms with E-state index in [1.165, 1.54) is 0 Å². The van der Waals surface area contributed by atoms with Gasteiger partial charge >= 0.3 is 0 Å². The molecule has 2 N–H and O–H groups in total. The second-order valence-electron chi connectivity index (χ2n) is 7.29. The predicted octanol–water partition coefficient (Wildman–Crippen LogP) is 3.01. The number of unbranched alkanes of at least 4 members (excludes halogenated alkanes) is 2. The first-order chi connectivity index (χ1) is 9.89. The summed E-state index contributed by atoms with van der Waals surface area (Å²) in [5.41, 5.74) is -0.356. The van der Waals surface area contributed by atoms with Crippen molar-refractivity contribution >= 4 is 0 Å². The lowest BCUT2D eigenvalue weighted by Crippen LogP contribution is -2.40. The van der Waals surface area contributed by atoms with Gasteiger partial charge in [0.15, 0.2) is 0 Å². The van der Waals surface area contributed by atoms with Gasteiger partial charge in [-0.3, -0.25) is 0 Å². The molecule has 4 heteroatoms. The maximum Gasteiger partial charge on any atom is 0.0632 e. The van der Waals surface area contributed by atoms with Crippen LogP contribution in [0.4, 0.5) is 0 Å². The number of aliphatic hydroxyl groups excluding tert-OH is 2. The Hall–Kier alpha value is -0.160. The molecule has 0 unspecified atom stereocenters. The van der Waals surface area contributed by atoms with Crippen LogP contribution in [0.5, 0.6) is 0 Å². The van der Waals surface area contributed by atoms with Crippen molar-refractivity contribution in [2.75, 3.05) is 39.6 Å². The predicted molar refractivity (Wildman–Crippen MR) is 86.5 cm³/mol. The van der Waals surface area contributed by atoms with E-state index >= 15 is 0 Å². The number of aliphatic hydroxyl groups is 2. The van der Waals surface area contributed by atoms with E-state index in [0.29, 0.717) is 31.8 Å². The molecule has 128 valence electrons. The van der Waals surface area contributed by atoms with E-state index in [1.807, 2.05) is 0 Å². The van der Waals surface area contributed by atoms with Crippen molar-refractivity contribution < 1.29 is 19.7 Å². The fourth-order valence-corrected chi connectivity index (χ4v) is 2.01. The van der Waals surface area contributed by atoms with Gasteiger partial charge in [0.1, 0.15) is 0 Å². The van der Waals surface area contributed by atoms with Crippen LogP contribution >= 0.6 is 0 Å². The smallest absolute Gasteiger partial charge is 0.0632 e. The van der Waals surface area contributed by atoms with E-state index in [0.717, 1.165) is 32.1 Å². The van der Waals surface area contributed by atoms with Gasteiger partial charge in [-0.1, -0.05) is 40.5 Å². The Balaban J connectivity index is 3.92. The average molecular weight is 304 g/mol. The Morgan fingerprint density at radius 1 is 0.810 bits per heavy atom. The maximum absolute atomic E-state index is 9.55. The third kappa shape index (κ3) is 11.1. The van der Waals surface area contributed by atoms with Gasteiger partial charge in [0, 0.05) is 13.2 Å². The molecular weight excluding hydrogens is 268 g/mol. The van der Waals surface area contributed by atoms with Gasteiger partial charge in [-0.15, -0.1) is 0 Å². The van der Waals surface area contributed by atoms with E-state index < -0.39 is 5.41 Å². The van der Waals surface area contributed by atoms with Crippen molar-refractivity contribution in [3.05, 3.63) is 0 Å². The molecule has 0 saturated heterocycles. The molecule has 21 heavy (non-hydrogen) atoms. The fourth-order valence-electron chi connectivity index (χ4n) is 2.01. The minimum Gasteiger partial charge on any atom is -0.396 e.